The minimum atomic E-state index is -0.427. The number of amides is 2. The van der Waals surface area contributed by atoms with Crippen LogP contribution >= 0.6 is 0 Å². The zero-order chi connectivity index (χ0) is 15.5. The Labute approximate surface area is 129 Å². The lowest BCUT2D eigenvalue weighted by atomic mass is 10.1. The molecule has 6 nitrogen and oxygen atoms in total. The summed E-state index contributed by atoms with van der Waals surface area (Å²) in [6.45, 7) is 1.42. The van der Waals surface area contributed by atoms with E-state index >= 15 is 0 Å². The van der Waals surface area contributed by atoms with Crippen molar-refractivity contribution < 1.29 is 19.4 Å². The summed E-state index contributed by atoms with van der Waals surface area (Å²) in [4.78, 5) is 27.6. The minimum absolute atomic E-state index is 0.00757. The molecule has 0 aromatic heterocycles. The number of β-amino-alcohol motifs (C(OH)–C–C–N with tert-alkyl or cyclic N) is 1. The van der Waals surface area contributed by atoms with Gasteiger partial charge in [0.1, 0.15) is 5.75 Å². The molecule has 1 aromatic carbocycles. The molecule has 118 valence electrons. The van der Waals surface area contributed by atoms with Gasteiger partial charge in [-0.2, -0.15) is 0 Å². The highest BCUT2D eigenvalue weighted by atomic mass is 16.5. The normalized spacial score (nSPS) is 21.3. The minimum Gasteiger partial charge on any atom is -0.482 e. The number of benzene rings is 1. The number of fused-ring (bicyclic) bond motifs is 1. The molecule has 3 rings (SSSR count). The third kappa shape index (κ3) is 3.06. The number of hydrogen-bond acceptors (Lipinski definition) is 4. The number of para-hydroxylation sites is 2. The Kier molecular flexibility index (Phi) is 4.29. The Balaban J connectivity index is 1.63. The topological polar surface area (TPSA) is 70.1 Å². The molecule has 1 aromatic rings. The SMILES string of the molecule is O=C(CCN1C(=O)COc2ccccc21)N1CCC[C@H](O)C1. The maximum Gasteiger partial charge on any atom is 0.265 e. The lowest BCUT2D eigenvalue weighted by Crippen LogP contribution is -2.45. The molecule has 0 bridgehead atoms. The van der Waals surface area contributed by atoms with E-state index in [1.54, 1.807) is 9.80 Å². The van der Waals surface area contributed by atoms with Gasteiger partial charge in [-0.15, -0.1) is 0 Å². The van der Waals surface area contributed by atoms with Crippen molar-refractivity contribution in [2.75, 3.05) is 31.1 Å². The zero-order valence-electron chi connectivity index (χ0n) is 12.4. The molecule has 1 atom stereocenters. The monoisotopic (exact) mass is 304 g/mol. The lowest BCUT2D eigenvalue weighted by Gasteiger charge is -2.32. The van der Waals surface area contributed by atoms with Crippen LogP contribution in [-0.4, -0.2) is 54.2 Å². The van der Waals surface area contributed by atoms with Crippen molar-refractivity contribution in [3.8, 4) is 5.75 Å². The number of hydrogen-bond donors (Lipinski definition) is 1. The highest BCUT2D eigenvalue weighted by Crippen LogP contribution is 2.31. The molecule has 22 heavy (non-hydrogen) atoms. The Hall–Kier alpha value is -2.08. The smallest absolute Gasteiger partial charge is 0.265 e. The summed E-state index contributed by atoms with van der Waals surface area (Å²) in [5, 5.41) is 9.64. The van der Waals surface area contributed by atoms with E-state index in [2.05, 4.69) is 0 Å². The number of piperidine rings is 1. The Morgan fingerprint density at radius 3 is 3.00 bits per heavy atom. The maximum absolute atomic E-state index is 12.3. The Bertz CT molecular complexity index is 575. The van der Waals surface area contributed by atoms with Gasteiger partial charge in [-0.1, -0.05) is 12.1 Å². The lowest BCUT2D eigenvalue weighted by molar-refractivity contribution is -0.134. The molecule has 1 fully saturated rings. The molecule has 2 amide bonds. The quantitative estimate of drug-likeness (QED) is 0.896. The highest BCUT2D eigenvalue weighted by Gasteiger charge is 2.27. The number of ether oxygens (including phenoxy) is 1. The molecule has 2 aliphatic rings. The van der Waals surface area contributed by atoms with Gasteiger partial charge in [-0.25, -0.2) is 0 Å². The first-order valence-electron chi connectivity index (χ1n) is 7.63. The number of aliphatic hydroxyl groups is 1. The van der Waals surface area contributed by atoms with Gasteiger partial charge < -0.3 is 19.6 Å². The maximum atomic E-state index is 12.3. The van der Waals surface area contributed by atoms with Crippen LogP contribution in [-0.2, 0) is 9.59 Å². The van der Waals surface area contributed by atoms with E-state index in [4.69, 9.17) is 4.74 Å². The summed E-state index contributed by atoms with van der Waals surface area (Å²) >= 11 is 0. The second kappa shape index (κ2) is 6.36. The van der Waals surface area contributed by atoms with Gasteiger partial charge in [0.25, 0.3) is 5.91 Å². The first-order valence-corrected chi connectivity index (χ1v) is 7.63. The summed E-state index contributed by atoms with van der Waals surface area (Å²) in [7, 11) is 0. The number of aliphatic hydroxyl groups excluding tert-OH is 1. The average molecular weight is 304 g/mol. The summed E-state index contributed by atoms with van der Waals surface area (Å²) in [5.41, 5.74) is 0.713. The fourth-order valence-electron chi connectivity index (χ4n) is 2.95. The third-order valence-electron chi connectivity index (χ3n) is 4.11. The van der Waals surface area contributed by atoms with E-state index < -0.39 is 6.10 Å². The second-order valence-corrected chi connectivity index (χ2v) is 5.69. The second-order valence-electron chi connectivity index (χ2n) is 5.69. The highest BCUT2D eigenvalue weighted by molar-refractivity contribution is 5.98. The molecule has 6 heteroatoms. The first kappa shape index (κ1) is 14.8. The van der Waals surface area contributed by atoms with Crippen LogP contribution in [0.2, 0.25) is 0 Å². The fourth-order valence-corrected chi connectivity index (χ4v) is 2.95. The van der Waals surface area contributed by atoms with E-state index in [1.807, 2.05) is 24.3 Å². The van der Waals surface area contributed by atoms with Gasteiger partial charge in [-0.05, 0) is 25.0 Å². The molecule has 0 aliphatic carbocycles. The van der Waals surface area contributed by atoms with Gasteiger partial charge in [0.15, 0.2) is 6.61 Å². The van der Waals surface area contributed by atoms with Gasteiger partial charge in [0.2, 0.25) is 5.91 Å². The predicted octanol–water partition coefficient (Wildman–Crippen LogP) is 0.785. The van der Waals surface area contributed by atoms with Crippen molar-refractivity contribution in [1.29, 1.82) is 0 Å². The Morgan fingerprint density at radius 1 is 1.36 bits per heavy atom. The van der Waals surface area contributed by atoms with E-state index in [-0.39, 0.29) is 24.8 Å². The van der Waals surface area contributed by atoms with Gasteiger partial charge in [-0.3, -0.25) is 9.59 Å². The summed E-state index contributed by atoms with van der Waals surface area (Å²) < 4.78 is 5.38. The van der Waals surface area contributed by atoms with Crippen LogP contribution in [0, 0.1) is 0 Å². The van der Waals surface area contributed by atoms with E-state index in [0.717, 1.165) is 12.8 Å². The van der Waals surface area contributed by atoms with Crippen LogP contribution in [0.15, 0.2) is 24.3 Å². The van der Waals surface area contributed by atoms with Crippen molar-refractivity contribution in [2.24, 2.45) is 0 Å². The number of anilines is 1. The van der Waals surface area contributed by atoms with Gasteiger partial charge in [0, 0.05) is 26.1 Å². The predicted molar refractivity (Wildman–Crippen MR) is 80.7 cm³/mol. The van der Waals surface area contributed by atoms with Crippen LogP contribution < -0.4 is 9.64 Å². The molecule has 2 heterocycles. The number of rotatable bonds is 3. The van der Waals surface area contributed by atoms with Crippen LogP contribution in [0.25, 0.3) is 0 Å². The Morgan fingerprint density at radius 2 is 2.18 bits per heavy atom. The zero-order valence-corrected chi connectivity index (χ0v) is 12.4. The molecule has 0 spiro atoms. The fraction of sp³-hybridized carbons (Fsp3) is 0.500. The van der Waals surface area contributed by atoms with Gasteiger partial charge >= 0.3 is 0 Å². The molecule has 1 N–H and O–H groups in total. The molecular formula is C16H20N2O4. The van der Waals surface area contributed by atoms with E-state index in [0.29, 0.717) is 31.1 Å². The van der Waals surface area contributed by atoms with Crippen molar-refractivity contribution in [3.63, 3.8) is 0 Å². The number of likely N-dealkylation sites (tertiary alicyclic amines) is 1. The molecule has 2 aliphatic heterocycles. The molecular weight excluding hydrogens is 284 g/mol. The number of carbonyl (C=O) groups excluding carboxylic acids is 2. The third-order valence-corrected chi connectivity index (χ3v) is 4.11. The summed E-state index contributed by atoms with van der Waals surface area (Å²) in [6, 6.07) is 7.34. The first-order chi connectivity index (χ1) is 10.6. The molecule has 1 saturated heterocycles. The number of carbonyl (C=O) groups is 2. The van der Waals surface area contributed by atoms with Crippen LogP contribution in [0.3, 0.4) is 0 Å². The largest absolute Gasteiger partial charge is 0.482 e. The molecule has 0 radical (unpaired) electrons. The summed E-state index contributed by atoms with van der Waals surface area (Å²) in [5.74, 6) is 0.517. The molecule has 0 unspecified atom stereocenters. The van der Waals surface area contributed by atoms with Crippen molar-refractivity contribution in [3.05, 3.63) is 24.3 Å². The van der Waals surface area contributed by atoms with Gasteiger partial charge in [0.05, 0.1) is 11.8 Å². The molecule has 0 saturated carbocycles. The van der Waals surface area contributed by atoms with Crippen LogP contribution in [0.5, 0.6) is 5.75 Å². The van der Waals surface area contributed by atoms with E-state index in [9.17, 15) is 14.7 Å². The van der Waals surface area contributed by atoms with Crippen molar-refractivity contribution in [1.82, 2.24) is 4.90 Å². The standard InChI is InChI=1S/C16H20N2O4/c19-12-4-3-8-17(10-12)15(20)7-9-18-13-5-1-2-6-14(13)22-11-16(18)21/h1-2,5-6,12,19H,3-4,7-11H2/t12-/m0/s1. The van der Waals surface area contributed by atoms with Crippen molar-refractivity contribution in [2.45, 2.75) is 25.4 Å². The van der Waals surface area contributed by atoms with Crippen molar-refractivity contribution >= 4 is 17.5 Å². The number of nitrogens with zero attached hydrogens (tertiary/aromatic N) is 2. The average Bonchev–Trinajstić information content (AvgIpc) is 2.53. The summed E-state index contributed by atoms with van der Waals surface area (Å²) in [6.07, 6.45) is 1.40. The van der Waals surface area contributed by atoms with Crippen LogP contribution in [0.4, 0.5) is 5.69 Å². The van der Waals surface area contributed by atoms with Crippen LogP contribution in [0.1, 0.15) is 19.3 Å². The van der Waals surface area contributed by atoms with E-state index in [1.165, 1.54) is 0 Å².